The third kappa shape index (κ3) is 3.83. The van der Waals surface area contributed by atoms with E-state index in [-0.39, 0.29) is 0 Å². The van der Waals surface area contributed by atoms with Gasteiger partial charge in [-0.2, -0.15) is 0 Å². The summed E-state index contributed by atoms with van der Waals surface area (Å²) in [7, 11) is 2.16. The first kappa shape index (κ1) is 19.2. The molecule has 32 heavy (non-hydrogen) atoms. The van der Waals surface area contributed by atoms with Gasteiger partial charge in [0.2, 0.25) is 0 Å². The molecule has 4 aliphatic rings. The van der Waals surface area contributed by atoms with Crippen LogP contribution in [0.1, 0.15) is 0 Å². The van der Waals surface area contributed by atoms with Crippen LogP contribution in [0, 0.1) is 0 Å². The second-order valence-corrected chi connectivity index (χ2v) is 9.59. The Hall–Kier alpha value is -2.32. The van der Waals surface area contributed by atoms with Crippen LogP contribution in [0.15, 0.2) is 36.4 Å². The third-order valence-electron chi connectivity index (χ3n) is 7.01. The second kappa shape index (κ2) is 7.35. The number of hydrogen-bond donors (Lipinski definition) is 0. The van der Waals surface area contributed by atoms with Crippen molar-refractivity contribution in [3.8, 4) is 0 Å². The number of aromatic nitrogens is 1. The SMILES string of the molecule is Cn1c2ccc(N(CC3CO3)CC3CO3)cc2c2cc(N(CC3CO3)CC3CO3)ccc21. The van der Waals surface area contributed by atoms with Gasteiger partial charge >= 0.3 is 0 Å². The van der Waals surface area contributed by atoms with Gasteiger partial charge in [0.25, 0.3) is 0 Å². The summed E-state index contributed by atoms with van der Waals surface area (Å²) in [6.07, 6.45) is 1.41. The molecule has 0 N–H and O–H groups in total. The van der Waals surface area contributed by atoms with E-state index in [0.29, 0.717) is 24.4 Å². The fraction of sp³-hybridized carbons (Fsp3) is 0.520. The zero-order valence-electron chi connectivity index (χ0n) is 18.4. The molecule has 7 nitrogen and oxygen atoms in total. The molecule has 7 rings (SSSR count). The number of hydrogen-bond acceptors (Lipinski definition) is 6. The Labute approximate surface area is 187 Å². The summed E-state index contributed by atoms with van der Waals surface area (Å²) in [5.41, 5.74) is 5.01. The fourth-order valence-electron chi connectivity index (χ4n) is 4.84. The summed E-state index contributed by atoms with van der Waals surface area (Å²) < 4.78 is 24.4. The van der Waals surface area contributed by atoms with Crippen molar-refractivity contribution in [1.82, 2.24) is 4.57 Å². The highest BCUT2D eigenvalue weighted by molar-refractivity contribution is 6.10. The van der Waals surface area contributed by atoms with Gasteiger partial charge < -0.3 is 33.3 Å². The quantitative estimate of drug-likeness (QED) is 0.456. The van der Waals surface area contributed by atoms with Gasteiger partial charge in [-0.1, -0.05) is 0 Å². The molecule has 4 fully saturated rings. The normalized spacial score (nSPS) is 27.7. The molecule has 4 saturated heterocycles. The van der Waals surface area contributed by atoms with Crippen LogP contribution >= 0.6 is 0 Å². The first-order valence-electron chi connectivity index (χ1n) is 11.7. The lowest BCUT2D eigenvalue weighted by Crippen LogP contribution is -2.31. The van der Waals surface area contributed by atoms with E-state index in [1.807, 2.05) is 0 Å². The van der Waals surface area contributed by atoms with Crippen molar-refractivity contribution < 1.29 is 18.9 Å². The molecule has 0 spiro atoms. The van der Waals surface area contributed by atoms with E-state index in [9.17, 15) is 0 Å². The molecule has 4 atom stereocenters. The standard InChI is InChI=1S/C25H29N3O4/c1-26-24-4-2-16(27(8-18-12-29-18)9-19-13-30-19)6-22(24)23-7-17(3-5-25(23)26)28(10-20-14-31-20)11-21-15-32-21/h2-7,18-21H,8-15H2,1H3. The molecular formula is C25H29N3O4. The zero-order chi connectivity index (χ0) is 21.2. The van der Waals surface area contributed by atoms with E-state index in [1.54, 1.807) is 0 Å². The zero-order valence-corrected chi connectivity index (χ0v) is 18.4. The van der Waals surface area contributed by atoms with Gasteiger partial charge in [-0.15, -0.1) is 0 Å². The Bertz CT molecular complexity index is 1040. The Balaban J connectivity index is 1.27. The molecular weight excluding hydrogens is 406 g/mol. The molecule has 0 aliphatic carbocycles. The molecule has 1 aromatic heterocycles. The molecule has 3 aromatic rings. The van der Waals surface area contributed by atoms with Crippen LogP contribution < -0.4 is 9.80 Å². The van der Waals surface area contributed by atoms with E-state index >= 15 is 0 Å². The number of ether oxygens (including phenoxy) is 4. The number of aryl methyl sites for hydroxylation is 1. The predicted molar refractivity (Wildman–Crippen MR) is 124 cm³/mol. The Morgan fingerprint density at radius 2 is 1.00 bits per heavy atom. The topological polar surface area (TPSA) is 61.5 Å². The lowest BCUT2D eigenvalue weighted by atomic mass is 10.1. The van der Waals surface area contributed by atoms with Gasteiger partial charge in [-0.05, 0) is 36.4 Å². The van der Waals surface area contributed by atoms with Crippen LogP contribution in [0.25, 0.3) is 21.8 Å². The Kier molecular flexibility index (Phi) is 4.40. The lowest BCUT2D eigenvalue weighted by molar-refractivity contribution is 0.388. The summed E-state index contributed by atoms with van der Waals surface area (Å²) in [6, 6.07) is 13.7. The van der Waals surface area contributed by atoms with Crippen LogP contribution in [0.2, 0.25) is 0 Å². The highest BCUT2D eigenvalue weighted by Gasteiger charge is 2.32. The first-order chi connectivity index (χ1) is 15.7. The maximum Gasteiger partial charge on any atom is 0.0984 e. The predicted octanol–water partition coefficient (Wildman–Crippen LogP) is 2.54. The van der Waals surface area contributed by atoms with Gasteiger partial charge in [0.05, 0.1) is 50.8 Å². The molecule has 0 bridgehead atoms. The molecule has 0 saturated carbocycles. The number of benzene rings is 2. The van der Waals surface area contributed by atoms with Crippen LogP contribution in [0.4, 0.5) is 11.4 Å². The Morgan fingerprint density at radius 3 is 1.31 bits per heavy atom. The number of epoxide rings is 4. The summed E-state index contributed by atoms with van der Waals surface area (Å²) >= 11 is 0. The van der Waals surface area contributed by atoms with Gasteiger partial charge in [0.15, 0.2) is 0 Å². The number of rotatable bonds is 10. The van der Waals surface area contributed by atoms with E-state index in [2.05, 4.69) is 57.8 Å². The van der Waals surface area contributed by atoms with Gasteiger partial charge in [0.1, 0.15) is 0 Å². The number of nitrogens with zero attached hydrogens (tertiary/aromatic N) is 3. The van der Waals surface area contributed by atoms with Crippen LogP contribution in [0.3, 0.4) is 0 Å². The minimum Gasteiger partial charge on any atom is -0.371 e. The summed E-state index contributed by atoms with van der Waals surface area (Å²) in [4.78, 5) is 4.86. The average Bonchev–Trinajstić information content (AvgIpc) is 3.62. The Morgan fingerprint density at radius 1 is 0.656 bits per heavy atom. The lowest BCUT2D eigenvalue weighted by Gasteiger charge is -2.24. The van der Waals surface area contributed by atoms with Crippen molar-refractivity contribution in [2.24, 2.45) is 7.05 Å². The van der Waals surface area contributed by atoms with Crippen molar-refractivity contribution in [2.75, 3.05) is 62.4 Å². The minimum absolute atomic E-state index is 0.353. The summed E-state index contributed by atoms with van der Waals surface area (Å²) in [6.45, 7) is 7.19. The van der Waals surface area contributed by atoms with Crippen molar-refractivity contribution in [1.29, 1.82) is 0 Å². The van der Waals surface area contributed by atoms with Crippen LogP contribution in [-0.2, 0) is 26.0 Å². The molecule has 2 aromatic carbocycles. The monoisotopic (exact) mass is 435 g/mol. The van der Waals surface area contributed by atoms with Gasteiger partial charge in [-0.25, -0.2) is 0 Å². The summed E-state index contributed by atoms with van der Waals surface area (Å²) in [5, 5.41) is 2.59. The van der Waals surface area contributed by atoms with Gasteiger partial charge in [0, 0.05) is 66.4 Å². The van der Waals surface area contributed by atoms with E-state index < -0.39 is 0 Å². The van der Waals surface area contributed by atoms with E-state index in [0.717, 1.165) is 52.6 Å². The smallest absolute Gasteiger partial charge is 0.0984 e. The molecule has 7 heteroatoms. The van der Waals surface area contributed by atoms with E-state index in [4.69, 9.17) is 18.9 Å². The fourth-order valence-corrected chi connectivity index (χ4v) is 4.84. The molecule has 4 aliphatic heterocycles. The first-order valence-corrected chi connectivity index (χ1v) is 11.7. The van der Waals surface area contributed by atoms with Crippen molar-refractivity contribution in [2.45, 2.75) is 24.4 Å². The van der Waals surface area contributed by atoms with Crippen molar-refractivity contribution in [3.05, 3.63) is 36.4 Å². The highest BCUT2D eigenvalue weighted by Crippen LogP contribution is 2.35. The minimum atomic E-state index is 0.353. The maximum absolute atomic E-state index is 5.53. The van der Waals surface area contributed by atoms with Gasteiger partial charge in [-0.3, -0.25) is 0 Å². The molecule has 0 radical (unpaired) electrons. The molecule has 0 amide bonds. The van der Waals surface area contributed by atoms with Crippen LogP contribution in [0.5, 0.6) is 0 Å². The molecule has 4 unspecified atom stereocenters. The molecule has 168 valence electrons. The van der Waals surface area contributed by atoms with Crippen LogP contribution in [-0.4, -0.2) is 81.6 Å². The second-order valence-electron chi connectivity index (χ2n) is 9.59. The molecule has 5 heterocycles. The highest BCUT2D eigenvalue weighted by atomic mass is 16.6. The number of fused-ring (bicyclic) bond motifs is 3. The van der Waals surface area contributed by atoms with Crippen molar-refractivity contribution in [3.63, 3.8) is 0 Å². The van der Waals surface area contributed by atoms with E-state index in [1.165, 1.54) is 33.2 Å². The number of anilines is 2. The maximum atomic E-state index is 5.53. The summed E-state index contributed by atoms with van der Waals surface area (Å²) in [5.74, 6) is 0. The third-order valence-corrected chi connectivity index (χ3v) is 7.01. The average molecular weight is 436 g/mol. The largest absolute Gasteiger partial charge is 0.371 e. The van der Waals surface area contributed by atoms with Crippen molar-refractivity contribution >= 4 is 33.2 Å².